The van der Waals surface area contributed by atoms with Crippen molar-refractivity contribution in [2.24, 2.45) is 17.6 Å². The van der Waals surface area contributed by atoms with E-state index in [2.05, 4.69) is 4.98 Å². The number of amides is 2. The summed E-state index contributed by atoms with van der Waals surface area (Å²) in [5.41, 5.74) is 8.36. The molecule has 0 bridgehead atoms. The summed E-state index contributed by atoms with van der Waals surface area (Å²) >= 11 is 0. The third-order valence-corrected chi connectivity index (χ3v) is 8.24. The highest BCUT2D eigenvalue weighted by molar-refractivity contribution is 6.02. The summed E-state index contributed by atoms with van der Waals surface area (Å²) in [6, 6.07) is 16.3. The number of H-pyrrole nitrogens is 1. The molecule has 8 heteroatoms. The molecule has 2 amide bonds. The van der Waals surface area contributed by atoms with Crippen LogP contribution in [0.15, 0.2) is 54.6 Å². The molecule has 1 aromatic heterocycles. The van der Waals surface area contributed by atoms with Crippen molar-refractivity contribution < 1.29 is 19.5 Å². The molecule has 8 nitrogen and oxygen atoms in total. The van der Waals surface area contributed by atoms with Crippen molar-refractivity contribution in [3.63, 3.8) is 0 Å². The van der Waals surface area contributed by atoms with Crippen molar-refractivity contribution in [2.45, 2.75) is 44.1 Å². The molecule has 1 saturated heterocycles. The molecular weight excluding hydrogens is 468 g/mol. The third kappa shape index (κ3) is 4.85. The fraction of sp³-hybridized carbons (Fsp3) is 0.414. The van der Waals surface area contributed by atoms with Crippen molar-refractivity contribution >= 4 is 34.4 Å². The number of carbonyl (C=O) groups is 3. The van der Waals surface area contributed by atoms with Crippen LogP contribution in [0.4, 0.5) is 5.69 Å². The summed E-state index contributed by atoms with van der Waals surface area (Å²) in [6.07, 6.45) is 4.28. The fourth-order valence-corrected chi connectivity index (χ4v) is 6.04. The Bertz CT molecular complexity index is 1300. The highest BCUT2D eigenvalue weighted by atomic mass is 16.4. The summed E-state index contributed by atoms with van der Waals surface area (Å²) in [5.74, 6) is -0.767. The number of aromatic carboxylic acids is 1. The van der Waals surface area contributed by atoms with Gasteiger partial charge >= 0.3 is 5.97 Å². The number of nitrogens with one attached hydrogen (secondary N) is 1. The first-order valence-electron chi connectivity index (χ1n) is 13.1. The van der Waals surface area contributed by atoms with Gasteiger partial charge in [-0.15, -0.1) is 0 Å². The Labute approximate surface area is 216 Å². The molecule has 37 heavy (non-hydrogen) atoms. The van der Waals surface area contributed by atoms with Gasteiger partial charge < -0.3 is 25.6 Å². The SMILES string of the molecule is CN(C(=O)[C@@H]1[C@H](c2ccccc2)CCN1C(=O)[C@H]1CC[C@H](CN)CC1)c1ccc2[nH]c(C(=O)O)cc2c1. The van der Waals surface area contributed by atoms with E-state index in [0.717, 1.165) is 37.7 Å². The van der Waals surface area contributed by atoms with E-state index >= 15 is 0 Å². The number of carbonyl (C=O) groups excluding carboxylic acids is 2. The van der Waals surface area contributed by atoms with Gasteiger partial charge in [0.25, 0.3) is 0 Å². The smallest absolute Gasteiger partial charge is 0.352 e. The van der Waals surface area contributed by atoms with Gasteiger partial charge in [0, 0.05) is 42.0 Å². The predicted molar refractivity (Wildman–Crippen MR) is 142 cm³/mol. The first-order chi connectivity index (χ1) is 17.9. The number of aromatic amines is 1. The van der Waals surface area contributed by atoms with Gasteiger partial charge in [0.05, 0.1) is 0 Å². The summed E-state index contributed by atoms with van der Waals surface area (Å²) in [5, 5.41) is 10.0. The van der Waals surface area contributed by atoms with Crippen LogP contribution in [0, 0.1) is 11.8 Å². The number of fused-ring (bicyclic) bond motifs is 1. The number of hydrogen-bond acceptors (Lipinski definition) is 4. The molecule has 1 aliphatic carbocycles. The van der Waals surface area contributed by atoms with Gasteiger partial charge in [0.15, 0.2) is 0 Å². The molecule has 1 saturated carbocycles. The Kier molecular flexibility index (Phi) is 7.02. The predicted octanol–water partition coefficient (Wildman–Crippen LogP) is 3.98. The second-order valence-electron chi connectivity index (χ2n) is 10.4. The Morgan fingerprint density at radius 1 is 1.03 bits per heavy atom. The zero-order valence-electron chi connectivity index (χ0n) is 21.1. The monoisotopic (exact) mass is 502 g/mol. The number of rotatable bonds is 6. The van der Waals surface area contributed by atoms with Gasteiger partial charge in [-0.25, -0.2) is 4.79 Å². The molecule has 5 rings (SSSR count). The molecular formula is C29H34N4O4. The molecule has 3 aromatic rings. The molecule has 2 atom stereocenters. The van der Waals surface area contributed by atoms with Crippen LogP contribution in [-0.4, -0.2) is 59.0 Å². The summed E-state index contributed by atoms with van der Waals surface area (Å²) in [6.45, 7) is 1.21. The first kappa shape index (κ1) is 25.0. The molecule has 0 unspecified atom stereocenters. The highest BCUT2D eigenvalue weighted by Crippen LogP contribution is 2.38. The van der Waals surface area contributed by atoms with Crippen LogP contribution in [0.1, 0.15) is 54.1 Å². The van der Waals surface area contributed by atoms with Crippen LogP contribution in [0.5, 0.6) is 0 Å². The van der Waals surface area contributed by atoms with E-state index in [-0.39, 0.29) is 29.3 Å². The van der Waals surface area contributed by atoms with Crippen molar-refractivity contribution in [3.05, 3.63) is 65.9 Å². The Morgan fingerprint density at radius 2 is 1.76 bits per heavy atom. The zero-order valence-corrected chi connectivity index (χ0v) is 21.1. The van der Waals surface area contributed by atoms with Crippen LogP contribution in [0.25, 0.3) is 10.9 Å². The van der Waals surface area contributed by atoms with E-state index in [0.29, 0.717) is 35.6 Å². The van der Waals surface area contributed by atoms with E-state index in [9.17, 15) is 19.5 Å². The quantitative estimate of drug-likeness (QED) is 0.471. The molecule has 2 heterocycles. The van der Waals surface area contributed by atoms with E-state index in [4.69, 9.17) is 5.73 Å². The van der Waals surface area contributed by atoms with Gasteiger partial charge in [0.2, 0.25) is 11.8 Å². The van der Waals surface area contributed by atoms with E-state index in [1.54, 1.807) is 30.1 Å². The molecule has 0 spiro atoms. The third-order valence-electron chi connectivity index (χ3n) is 8.24. The average molecular weight is 503 g/mol. The Balaban J connectivity index is 1.43. The van der Waals surface area contributed by atoms with Gasteiger partial charge in [-0.05, 0) is 74.4 Å². The van der Waals surface area contributed by atoms with Crippen LogP contribution >= 0.6 is 0 Å². The maximum Gasteiger partial charge on any atom is 0.352 e. The first-order valence-corrected chi connectivity index (χ1v) is 13.1. The fourth-order valence-electron chi connectivity index (χ4n) is 6.04. The van der Waals surface area contributed by atoms with Gasteiger partial charge in [-0.2, -0.15) is 0 Å². The molecule has 2 aromatic carbocycles. The molecule has 4 N–H and O–H groups in total. The second-order valence-corrected chi connectivity index (χ2v) is 10.4. The number of likely N-dealkylation sites (tertiary alicyclic amines) is 1. The van der Waals surface area contributed by atoms with E-state index in [1.165, 1.54) is 0 Å². The minimum atomic E-state index is -1.03. The van der Waals surface area contributed by atoms with Gasteiger partial charge in [0.1, 0.15) is 11.7 Å². The molecule has 1 aliphatic heterocycles. The Hall–Kier alpha value is -3.65. The number of likely N-dealkylation sites (N-methyl/N-ethyl adjacent to an activating group) is 1. The van der Waals surface area contributed by atoms with Gasteiger partial charge in [-0.3, -0.25) is 9.59 Å². The largest absolute Gasteiger partial charge is 0.477 e. The van der Waals surface area contributed by atoms with Crippen LogP contribution in [0.2, 0.25) is 0 Å². The maximum atomic E-state index is 14.1. The number of carboxylic acids is 1. The standard InChI is InChI=1S/C29H34N4O4/c1-32(22-11-12-24-21(15-22)16-25(31-24)29(36)37)28(35)26-23(19-5-3-2-4-6-19)13-14-33(26)27(34)20-9-7-18(17-30)8-10-20/h2-6,11-12,15-16,18,20,23,26,31H,7-10,13-14,17,30H2,1H3,(H,36,37)/t18-,20-,23-,26-/m0/s1. The minimum absolute atomic E-state index is 0.0661. The highest BCUT2D eigenvalue weighted by Gasteiger charge is 2.45. The van der Waals surface area contributed by atoms with Crippen LogP contribution in [0.3, 0.4) is 0 Å². The molecule has 194 valence electrons. The number of benzene rings is 2. The van der Waals surface area contributed by atoms with Crippen molar-refractivity contribution in [3.8, 4) is 0 Å². The number of nitrogens with two attached hydrogens (primary N) is 1. The number of aromatic nitrogens is 1. The lowest BCUT2D eigenvalue weighted by molar-refractivity contribution is -0.142. The average Bonchev–Trinajstić information content (AvgIpc) is 3.57. The second kappa shape index (κ2) is 10.4. The zero-order chi connectivity index (χ0) is 26.1. The molecule has 2 aliphatic rings. The normalized spacial score (nSPS) is 23.8. The molecule has 2 fully saturated rings. The van der Waals surface area contributed by atoms with Gasteiger partial charge in [-0.1, -0.05) is 30.3 Å². The molecule has 0 radical (unpaired) electrons. The topological polar surface area (TPSA) is 120 Å². The number of nitrogens with zero attached hydrogens (tertiary/aromatic N) is 2. The Morgan fingerprint density at radius 3 is 2.43 bits per heavy atom. The number of carboxylic acid groups (broad SMARTS) is 1. The summed E-state index contributed by atoms with van der Waals surface area (Å²) in [4.78, 5) is 45.5. The lowest BCUT2D eigenvalue weighted by atomic mass is 9.81. The van der Waals surface area contributed by atoms with E-state index < -0.39 is 12.0 Å². The van der Waals surface area contributed by atoms with Crippen LogP contribution < -0.4 is 10.6 Å². The summed E-state index contributed by atoms with van der Waals surface area (Å²) in [7, 11) is 1.73. The lowest BCUT2D eigenvalue weighted by Crippen LogP contribution is -2.50. The maximum absolute atomic E-state index is 14.1. The minimum Gasteiger partial charge on any atom is -0.477 e. The lowest BCUT2D eigenvalue weighted by Gasteiger charge is -2.35. The van der Waals surface area contributed by atoms with Crippen molar-refractivity contribution in [2.75, 3.05) is 25.0 Å². The van der Waals surface area contributed by atoms with Crippen molar-refractivity contribution in [1.82, 2.24) is 9.88 Å². The number of hydrogen-bond donors (Lipinski definition) is 3. The number of anilines is 1. The van der Waals surface area contributed by atoms with Crippen LogP contribution in [-0.2, 0) is 9.59 Å². The van der Waals surface area contributed by atoms with Crippen molar-refractivity contribution in [1.29, 1.82) is 0 Å². The summed E-state index contributed by atoms with van der Waals surface area (Å²) < 4.78 is 0. The van der Waals surface area contributed by atoms with E-state index in [1.807, 2.05) is 41.3 Å².